The molecule has 2 atom stereocenters. The standard InChI is InChI=1S/C14H22N6O/c21-8-2-6-20-10-12(17-18-20)9-16-13-3-1-4-14(13)19-7-5-15-11-19/h5,7,10-11,13-14,16,21H,1-4,6,8-9H2. The maximum absolute atomic E-state index is 8.82. The van der Waals surface area contributed by atoms with Crippen molar-refractivity contribution in [1.82, 2.24) is 29.9 Å². The Morgan fingerprint density at radius 1 is 1.38 bits per heavy atom. The number of nitrogens with one attached hydrogen (secondary N) is 1. The predicted octanol–water partition coefficient (Wildman–Crippen LogP) is 0.740. The lowest BCUT2D eigenvalue weighted by Crippen LogP contribution is -2.33. The molecule has 7 heteroatoms. The lowest BCUT2D eigenvalue weighted by atomic mass is 10.1. The van der Waals surface area contributed by atoms with Gasteiger partial charge in [-0.2, -0.15) is 0 Å². The van der Waals surface area contributed by atoms with Crippen molar-refractivity contribution in [2.24, 2.45) is 0 Å². The number of hydrogen-bond donors (Lipinski definition) is 2. The van der Waals surface area contributed by atoms with Crippen molar-refractivity contribution in [3.63, 3.8) is 0 Å². The van der Waals surface area contributed by atoms with Gasteiger partial charge in [0.2, 0.25) is 0 Å². The Morgan fingerprint density at radius 2 is 2.33 bits per heavy atom. The molecule has 0 bridgehead atoms. The summed E-state index contributed by atoms with van der Waals surface area (Å²) in [6.45, 7) is 1.63. The van der Waals surface area contributed by atoms with Crippen LogP contribution in [0.4, 0.5) is 0 Å². The summed E-state index contributed by atoms with van der Waals surface area (Å²) in [6.07, 6.45) is 12.0. The second kappa shape index (κ2) is 6.82. The average Bonchev–Trinajstić information content (AvgIpc) is 3.22. The van der Waals surface area contributed by atoms with Gasteiger partial charge in [-0.25, -0.2) is 4.98 Å². The maximum Gasteiger partial charge on any atom is 0.0964 e. The van der Waals surface area contributed by atoms with Crippen LogP contribution in [-0.4, -0.2) is 42.3 Å². The Labute approximate surface area is 124 Å². The lowest BCUT2D eigenvalue weighted by Gasteiger charge is -2.21. The monoisotopic (exact) mass is 290 g/mol. The summed E-state index contributed by atoms with van der Waals surface area (Å²) in [6, 6.07) is 0.943. The van der Waals surface area contributed by atoms with E-state index in [9.17, 15) is 0 Å². The topological polar surface area (TPSA) is 80.8 Å². The Balaban J connectivity index is 1.53. The summed E-state index contributed by atoms with van der Waals surface area (Å²) in [5.41, 5.74) is 0.948. The third-order valence-corrected chi connectivity index (χ3v) is 4.06. The van der Waals surface area contributed by atoms with E-state index in [-0.39, 0.29) is 6.61 Å². The number of aromatic nitrogens is 5. The quantitative estimate of drug-likeness (QED) is 0.786. The first kappa shape index (κ1) is 14.2. The molecule has 0 aliphatic heterocycles. The van der Waals surface area contributed by atoms with Gasteiger partial charge in [0, 0.05) is 50.4 Å². The van der Waals surface area contributed by atoms with E-state index in [1.165, 1.54) is 19.3 Å². The van der Waals surface area contributed by atoms with Crippen molar-refractivity contribution in [1.29, 1.82) is 0 Å². The first-order valence-electron chi connectivity index (χ1n) is 7.57. The molecule has 114 valence electrons. The first-order chi connectivity index (χ1) is 10.4. The molecule has 2 heterocycles. The van der Waals surface area contributed by atoms with E-state index < -0.39 is 0 Å². The van der Waals surface area contributed by atoms with Crippen LogP contribution in [0.5, 0.6) is 0 Å². The highest BCUT2D eigenvalue weighted by molar-refractivity contribution is 4.96. The summed E-state index contributed by atoms with van der Waals surface area (Å²) in [4.78, 5) is 4.14. The minimum absolute atomic E-state index is 0.183. The minimum Gasteiger partial charge on any atom is -0.396 e. The van der Waals surface area contributed by atoms with Crippen LogP contribution in [0.1, 0.15) is 37.4 Å². The maximum atomic E-state index is 8.82. The molecule has 2 unspecified atom stereocenters. The zero-order valence-corrected chi connectivity index (χ0v) is 12.1. The third kappa shape index (κ3) is 3.48. The molecule has 0 amide bonds. The van der Waals surface area contributed by atoms with Gasteiger partial charge in [-0.15, -0.1) is 5.10 Å². The Morgan fingerprint density at radius 3 is 3.14 bits per heavy atom. The van der Waals surface area contributed by atoms with Gasteiger partial charge in [-0.05, 0) is 25.7 Å². The Hall–Kier alpha value is -1.73. The fraction of sp³-hybridized carbons (Fsp3) is 0.643. The molecule has 0 radical (unpaired) electrons. The van der Waals surface area contributed by atoms with Crippen molar-refractivity contribution >= 4 is 0 Å². The van der Waals surface area contributed by atoms with Gasteiger partial charge in [0.25, 0.3) is 0 Å². The van der Waals surface area contributed by atoms with Gasteiger partial charge in [-0.1, -0.05) is 5.21 Å². The van der Waals surface area contributed by atoms with Crippen LogP contribution in [0.2, 0.25) is 0 Å². The first-order valence-corrected chi connectivity index (χ1v) is 7.57. The molecular formula is C14H22N6O. The zero-order valence-electron chi connectivity index (χ0n) is 12.1. The molecule has 1 aliphatic rings. The van der Waals surface area contributed by atoms with Crippen LogP contribution in [0.3, 0.4) is 0 Å². The molecule has 0 spiro atoms. The number of imidazole rings is 1. The molecule has 1 aliphatic carbocycles. The van der Waals surface area contributed by atoms with E-state index in [2.05, 4.69) is 25.2 Å². The van der Waals surface area contributed by atoms with Crippen molar-refractivity contribution < 1.29 is 5.11 Å². The molecule has 2 aromatic rings. The van der Waals surface area contributed by atoms with Crippen LogP contribution in [0.25, 0.3) is 0 Å². The number of aryl methyl sites for hydroxylation is 1. The predicted molar refractivity (Wildman–Crippen MR) is 77.5 cm³/mol. The normalized spacial score (nSPS) is 22.0. The van der Waals surface area contributed by atoms with Gasteiger partial charge < -0.3 is 15.0 Å². The van der Waals surface area contributed by atoms with E-state index in [0.29, 0.717) is 25.0 Å². The smallest absolute Gasteiger partial charge is 0.0964 e. The van der Waals surface area contributed by atoms with Crippen molar-refractivity contribution in [3.05, 3.63) is 30.6 Å². The van der Waals surface area contributed by atoms with E-state index >= 15 is 0 Å². The highest BCUT2D eigenvalue weighted by atomic mass is 16.3. The third-order valence-electron chi connectivity index (χ3n) is 4.06. The Bertz CT molecular complexity index is 537. The summed E-state index contributed by atoms with van der Waals surface area (Å²) >= 11 is 0. The highest BCUT2D eigenvalue weighted by Crippen LogP contribution is 2.29. The number of hydrogen-bond acceptors (Lipinski definition) is 5. The highest BCUT2D eigenvalue weighted by Gasteiger charge is 2.27. The van der Waals surface area contributed by atoms with E-state index in [4.69, 9.17) is 5.11 Å². The van der Waals surface area contributed by atoms with Gasteiger partial charge in [0.1, 0.15) is 0 Å². The molecule has 1 fully saturated rings. The lowest BCUT2D eigenvalue weighted by molar-refractivity contribution is 0.276. The van der Waals surface area contributed by atoms with Crippen LogP contribution < -0.4 is 5.32 Å². The molecule has 3 rings (SSSR count). The summed E-state index contributed by atoms with van der Waals surface area (Å²) in [5, 5.41) is 20.6. The van der Waals surface area contributed by atoms with Crippen molar-refractivity contribution in [2.75, 3.05) is 6.61 Å². The molecular weight excluding hydrogens is 268 g/mol. The van der Waals surface area contributed by atoms with Gasteiger partial charge in [0.05, 0.1) is 12.0 Å². The molecule has 2 aromatic heterocycles. The number of nitrogens with zero attached hydrogens (tertiary/aromatic N) is 5. The summed E-state index contributed by atoms with van der Waals surface area (Å²) in [7, 11) is 0. The van der Waals surface area contributed by atoms with Crippen LogP contribution in [0, 0.1) is 0 Å². The number of aliphatic hydroxyl groups is 1. The van der Waals surface area contributed by atoms with Gasteiger partial charge >= 0.3 is 0 Å². The van der Waals surface area contributed by atoms with Crippen molar-refractivity contribution in [3.8, 4) is 0 Å². The number of rotatable bonds is 7. The largest absolute Gasteiger partial charge is 0.396 e. The SMILES string of the molecule is OCCCn1cc(CNC2CCCC2n2ccnc2)nn1. The minimum atomic E-state index is 0.183. The van der Waals surface area contributed by atoms with E-state index in [1.807, 2.05) is 24.9 Å². The van der Waals surface area contributed by atoms with Crippen LogP contribution in [0.15, 0.2) is 24.9 Å². The van der Waals surface area contributed by atoms with E-state index in [1.54, 1.807) is 4.68 Å². The van der Waals surface area contributed by atoms with E-state index in [0.717, 1.165) is 12.2 Å². The van der Waals surface area contributed by atoms with Gasteiger partial charge in [-0.3, -0.25) is 4.68 Å². The molecule has 0 aromatic carbocycles. The fourth-order valence-corrected chi connectivity index (χ4v) is 3.00. The molecule has 2 N–H and O–H groups in total. The van der Waals surface area contributed by atoms with Crippen LogP contribution in [-0.2, 0) is 13.1 Å². The molecule has 21 heavy (non-hydrogen) atoms. The van der Waals surface area contributed by atoms with Gasteiger partial charge in [0.15, 0.2) is 0 Å². The van der Waals surface area contributed by atoms with Crippen LogP contribution >= 0.6 is 0 Å². The zero-order chi connectivity index (χ0) is 14.5. The summed E-state index contributed by atoms with van der Waals surface area (Å²) < 4.78 is 3.98. The van der Waals surface area contributed by atoms with Crippen molar-refractivity contribution in [2.45, 2.75) is 50.9 Å². The molecule has 0 saturated heterocycles. The molecule has 7 nitrogen and oxygen atoms in total. The molecule has 1 saturated carbocycles. The summed E-state index contributed by atoms with van der Waals surface area (Å²) in [5.74, 6) is 0. The second-order valence-corrected chi connectivity index (χ2v) is 5.55. The Kier molecular flexibility index (Phi) is 4.62. The number of aliphatic hydroxyl groups excluding tert-OH is 1. The fourth-order valence-electron chi connectivity index (χ4n) is 3.00. The second-order valence-electron chi connectivity index (χ2n) is 5.55. The average molecular weight is 290 g/mol.